The summed E-state index contributed by atoms with van der Waals surface area (Å²) in [5.41, 5.74) is 2.35. The molecule has 0 unspecified atom stereocenters. The van der Waals surface area contributed by atoms with Crippen LogP contribution in [-0.4, -0.2) is 7.05 Å². The van der Waals surface area contributed by atoms with Crippen molar-refractivity contribution in [3.63, 3.8) is 0 Å². The molecule has 0 aliphatic carbocycles. The lowest BCUT2D eigenvalue weighted by molar-refractivity contribution is 0.582. The molecule has 2 aromatic carbocycles. The highest BCUT2D eigenvalue weighted by molar-refractivity contribution is 9.08. The second kappa shape index (κ2) is 5.70. The van der Waals surface area contributed by atoms with Crippen LogP contribution in [0, 0.1) is 18.6 Å². The molecule has 0 heterocycles. The molecule has 4 heteroatoms. The lowest BCUT2D eigenvalue weighted by Gasteiger charge is -2.21. The molecule has 0 N–H and O–H groups in total. The molecule has 0 aliphatic rings. The van der Waals surface area contributed by atoms with Crippen LogP contribution in [0.3, 0.4) is 0 Å². The second-order valence-electron chi connectivity index (χ2n) is 4.44. The normalized spacial score (nSPS) is 10.6. The van der Waals surface area contributed by atoms with Crippen molar-refractivity contribution < 1.29 is 8.78 Å². The fraction of sp³-hybridized carbons (Fsp3) is 0.200. The van der Waals surface area contributed by atoms with Gasteiger partial charge < -0.3 is 4.90 Å². The highest BCUT2D eigenvalue weighted by Crippen LogP contribution is 2.30. The van der Waals surface area contributed by atoms with Crippen molar-refractivity contribution in [3.05, 3.63) is 59.2 Å². The fourth-order valence-electron chi connectivity index (χ4n) is 1.98. The smallest absolute Gasteiger partial charge is 0.150 e. The topological polar surface area (TPSA) is 3.24 Å². The lowest BCUT2D eigenvalue weighted by atomic mass is 10.1. The first-order chi connectivity index (χ1) is 9.02. The predicted molar refractivity (Wildman–Crippen MR) is 78.2 cm³/mol. The molecule has 0 radical (unpaired) electrons. The average Bonchev–Trinajstić information content (AvgIpc) is 2.37. The van der Waals surface area contributed by atoms with E-state index in [0.717, 1.165) is 11.3 Å². The van der Waals surface area contributed by atoms with Crippen LogP contribution in [0.4, 0.5) is 20.2 Å². The molecule has 0 aliphatic heterocycles. The molecule has 2 rings (SSSR count). The Morgan fingerprint density at radius 3 is 2.26 bits per heavy atom. The summed E-state index contributed by atoms with van der Waals surface area (Å²) in [7, 11) is 1.66. The van der Waals surface area contributed by atoms with Crippen LogP contribution in [0.2, 0.25) is 0 Å². The zero-order valence-corrected chi connectivity index (χ0v) is 12.3. The second-order valence-corrected chi connectivity index (χ2v) is 5.00. The van der Waals surface area contributed by atoms with Gasteiger partial charge >= 0.3 is 0 Å². The Bertz CT molecular complexity index is 575. The molecule has 0 spiro atoms. The summed E-state index contributed by atoms with van der Waals surface area (Å²) in [6, 6.07) is 10.2. The van der Waals surface area contributed by atoms with Crippen molar-refractivity contribution in [2.45, 2.75) is 12.3 Å². The lowest BCUT2D eigenvalue weighted by Crippen LogP contribution is -2.13. The summed E-state index contributed by atoms with van der Waals surface area (Å²) >= 11 is 3.19. The first kappa shape index (κ1) is 14.0. The van der Waals surface area contributed by atoms with E-state index in [1.165, 1.54) is 17.0 Å². The number of hydrogen-bond acceptors (Lipinski definition) is 1. The van der Waals surface area contributed by atoms with Crippen LogP contribution in [-0.2, 0) is 5.33 Å². The van der Waals surface area contributed by atoms with Crippen LogP contribution in [0.15, 0.2) is 36.4 Å². The van der Waals surface area contributed by atoms with Crippen LogP contribution in [0.5, 0.6) is 0 Å². The van der Waals surface area contributed by atoms with Crippen molar-refractivity contribution in [3.8, 4) is 0 Å². The van der Waals surface area contributed by atoms with Crippen LogP contribution in [0.25, 0.3) is 0 Å². The molecular weight excluding hydrogens is 312 g/mol. The summed E-state index contributed by atoms with van der Waals surface area (Å²) < 4.78 is 28.1. The number of halogens is 3. The Labute approximate surface area is 120 Å². The number of alkyl halides is 1. The van der Waals surface area contributed by atoms with E-state index in [4.69, 9.17) is 0 Å². The fourth-order valence-corrected chi connectivity index (χ4v) is 2.31. The first-order valence-corrected chi connectivity index (χ1v) is 6.99. The Kier molecular flexibility index (Phi) is 4.20. The van der Waals surface area contributed by atoms with Crippen LogP contribution >= 0.6 is 15.9 Å². The number of rotatable bonds is 3. The standard InChI is InChI=1S/C15H14BrF2N/c1-10-4-3-5-12(6-10)19(2)15-13(17)7-11(9-16)8-14(15)18/h3-8H,9H2,1-2H3. The minimum Gasteiger partial charge on any atom is -0.340 e. The third kappa shape index (κ3) is 2.95. The van der Waals surface area contributed by atoms with Crippen LogP contribution < -0.4 is 4.90 Å². The molecule has 0 fully saturated rings. The number of nitrogens with zero attached hydrogens (tertiary/aromatic N) is 1. The zero-order chi connectivity index (χ0) is 14.0. The third-order valence-corrected chi connectivity index (χ3v) is 3.60. The van der Waals surface area contributed by atoms with Crippen molar-refractivity contribution in [1.82, 2.24) is 0 Å². The van der Waals surface area contributed by atoms with Gasteiger partial charge in [0, 0.05) is 18.1 Å². The summed E-state index contributed by atoms with van der Waals surface area (Å²) in [4.78, 5) is 1.52. The molecule has 2 aromatic rings. The quantitative estimate of drug-likeness (QED) is 0.723. The molecule has 0 atom stereocenters. The predicted octanol–water partition coefficient (Wildman–Crippen LogP) is 4.94. The molecule has 0 saturated carbocycles. The van der Waals surface area contributed by atoms with Gasteiger partial charge in [-0.05, 0) is 42.3 Å². The summed E-state index contributed by atoms with van der Waals surface area (Å²) in [6.07, 6.45) is 0. The molecule has 19 heavy (non-hydrogen) atoms. The summed E-state index contributed by atoms with van der Waals surface area (Å²) in [5, 5.41) is 0.426. The largest absolute Gasteiger partial charge is 0.340 e. The van der Waals surface area contributed by atoms with Gasteiger partial charge in [-0.1, -0.05) is 28.1 Å². The molecule has 0 aromatic heterocycles. The minimum atomic E-state index is -0.557. The molecule has 0 saturated heterocycles. The molecule has 1 nitrogen and oxygen atoms in total. The van der Waals surface area contributed by atoms with Crippen molar-refractivity contribution in [2.24, 2.45) is 0 Å². The molecule has 0 amide bonds. The highest BCUT2D eigenvalue weighted by atomic mass is 79.9. The third-order valence-electron chi connectivity index (χ3n) is 2.96. The number of aryl methyl sites for hydroxylation is 1. The van der Waals surface area contributed by atoms with Crippen LogP contribution in [0.1, 0.15) is 11.1 Å². The van der Waals surface area contributed by atoms with Crippen molar-refractivity contribution in [1.29, 1.82) is 0 Å². The van der Waals surface area contributed by atoms with E-state index >= 15 is 0 Å². The number of anilines is 2. The van der Waals surface area contributed by atoms with Crippen molar-refractivity contribution >= 4 is 27.3 Å². The van der Waals surface area contributed by atoms with Gasteiger partial charge in [0.25, 0.3) is 0 Å². The maximum atomic E-state index is 14.0. The van der Waals surface area contributed by atoms with E-state index in [1.807, 2.05) is 31.2 Å². The highest BCUT2D eigenvalue weighted by Gasteiger charge is 2.16. The van der Waals surface area contributed by atoms with E-state index < -0.39 is 11.6 Å². The van der Waals surface area contributed by atoms with Gasteiger partial charge in [-0.15, -0.1) is 0 Å². The van der Waals surface area contributed by atoms with Gasteiger partial charge in [-0.2, -0.15) is 0 Å². The first-order valence-electron chi connectivity index (χ1n) is 5.87. The maximum Gasteiger partial charge on any atom is 0.150 e. The van der Waals surface area contributed by atoms with E-state index in [9.17, 15) is 8.78 Å². The van der Waals surface area contributed by atoms with E-state index in [-0.39, 0.29) is 5.69 Å². The SMILES string of the molecule is Cc1cccc(N(C)c2c(F)cc(CBr)cc2F)c1. The van der Waals surface area contributed by atoms with Crippen molar-refractivity contribution in [2.75, 3.05) is 11.9 Å². The Balaban J connectivity index is 2.47. The Morgan fingerprint density at radius 1 is 1.11 bits per heavy atom. The molecule has 0 bridgehead atoms. The van der Waals surface area contributed by atoms with Gasteiger partial charge in [-0.3, -0.25) is 0 Å². The van der Waals surface area contributed by atoms with Gasteiger partial charge in [0.15, 0.2) is 0 Å². The summed E-state index contributed by atoms with van der Waals surface area (Å²) in [5.74, 6) is -1.11. The molecule has 100 valence electrons. The Hall–Kier alpha value is -1.42. The summed E-state index contributed by atoms with van der Waals surface area (Å²) in [6.45, 7) is 1.94. The number of benzene rings is 2. The number of hydrogen-bond donors (Lipinski definition) is 0. The zero-order valence-electron chi connectivity index (χ0n) is 10.8. The van der Waals surface area contributed by atoms with Gasteiger partial charge in [-0.25, -0.2) is 8.78 Å². The Morgan fingerprint density at radius 2 is 1.74 bits per heavy atom. The average molecular weight is 326 g/mol. The maximum absolute atomic E-state index is 14.0. The molecular formula is C15H14BrF2N. The van der Waals surface area contributed by atoms with Gasteiger partial charge in [0.1, 0.15) is 17.3 Å². The van der Waals surface area contributed by atoms with Gasteiger partial charge in [0.2, 0.25) is 0 Å². The van der Waals surface area contributed by atoms with E-state index in [0.29, 0.717) is 10.9 Å². The monoisotopic (exact) mass is 325 g/mol. The van der Waals surface area contributed by atoms with E-state index in [1.54, 1.807) is 7.05 Å². The van der Waals surface area contributed by atoms with E-state index in [2.05, 4.69) is 15.9 Å². The van der Waals surface area contributed by atoms with Gasteiger partial charge in [0.05, 0.1) is 0 Å². The minimum absolute atomic E-state index is 0.0321.